The second kappa shape index (κ2) is 3.56. The Morgan fingerprint density at radius 1 is 1.50 bits per heavy atom. The first-order chi connectivity index (χ1) is 5.49. The monoisotopic (exact) mass is 190 g/mol. The highest BCUT2D eigenvalue weighted by atomic mass is 32.2. The second-order valence-electron chi connectivity index (χ2n) is 3.53. The van der Waals surface area contributed by atoms with Gasteiger partial charge < -0.3 is 4.79 Å². The minimum absolute atomic E-state index is 0.0845. The lowest BCUT2D eigenvalue weighted by atomic mass is 10.00. The molecule has 0 aliphatic carbocycles. The number of rotatable bonds is 2. The molecule has 70 valence electrons. The van der Waals surface area contributed by atoms with Gasteiger partial charge in [0.2, 0.25) is 0 Å². The summed E-state index contributed by atoms with van der Waals surface area (Å²) < 4.78 is 22.3. The van der Waals surface area contributed by atoms with Crippen LogP contribution in [0.4, 0.5) is 0 Å². The molecule has 1 saturated heterocycles. The van der Waals surface area contributed by atoms with E-state index in [1.165, 1.54) is 6.92 Å². The van der Waals surface area contributed by atoms with Crippen LogP contribution in [0.15, 0.2) is 0 Å². The van der Waals surface area contributed by atoms with Crippen LogP contribution in [0.2, 0.25) is 0 Å². The number of carbonyl (C=O) groups is 1. The van der Waals surface area contributed by atoms with Crippen molar-refractivity contribution in [3.63, 3.8) is 0 Å². The first-order valence-electron chi connectivity index (χ1n) is 4.19. The van der Waals surface area contributed by atoms with Gasteiger partial charge in [-0.25, -0.2) is 8.42 Å². The highest BCUT2D eigenvalue weighted by Gasteiger charge is 2.25. The maximum Gasteiger partial charge on any atom is 0.150 e. The molecule has 3 nitrogen and oxygen atoms in total. The highest BCUT2D eigenvalue weighted by molar-refractivity contribution is 7.91. The van der Waals surface area contributed by atoms with Crippen LogP contribution in [0, 0.1) is 5.92 Å². The van der Waals surface area contributed by atoms with Crippen LogP contribution in [-0.2, 0) is 14.6 Å². The SMILES string of the molecule is CC(=O)CC1CCCS(=O)(=O)C1. The van der Waals surface area contributed by atoms with E-state index in [1.54, 1.807) is 0 Å². The van der Waals surface area contributed by atoms with Crippen molar-refractivity contribution in [2.75, 3.05) is 11.5 Å². The highest BCUT2D eigenvalue weighted by Crippen LogP contribution is 2.21. The fourth-order valence-corrected chi connectivity index (χ4v) is 3.46. The summed E-state index contributed by atoms with van der Waals surface area (Å²) in [5.74, 6) is 0.701. The van der Waals surface area contributed by atoms with E-state index in [4.69, 9.17) is 0 Å². The minimum Gasteiger partial charge on any atom is -0.300 e. The van der Waals surface area contributed by atoms with Gasteiger partial charge in [0.05, 0.1) is 11.5 Å². The maximum absolute atomic E-state index is 11.1. The third kappa shape index (κ3) is 2.93. The van der Waals surface area contributed by atoms with E-state index >= 15 is 0 Å². The Morgan fingerprint density at radius 3 is 2.67 bits per heavy atom. The number of Topliss-reactive ketones (excluding diaryl/α,β-unsaturated/α-hetero) is 1. The van der Waals surface area contributed by atoms with Gasteiger partial charge in [0.15, 0.2) is 9.84 Å². The molecular weight excluding hydrogens is 176 g/mol. The third-order valence-corrected chi connectivity index (χ3v) is 4.02. The van der Waals surface area contributed by atoms with Gasteiger partial charge in [-0.1, -0.05) is 0 Å². The predicted molar refractivity (Wildman–Crippen MR) is 46.7 cm³/mol. The fourth-order valence-electron chi connectivity index (χ4n) is 1.69. The van der Waals surface area contributed by atoms with E-state index < -0.39 is 9.84 Å². The molecule has 0 radical (unpaired) electrons. The molecule has 1 unspecified atom stereocenters. The quantitative estimate of drug-likeness (QED) is 0.647. The summed E-state index contributed by atoms with van der Waals surface area (Å²) in [7, 11) is -2.83. The molecule has 0 N–H and O–H groups in total. The molecule has 0 aromatic carbocycles. The van der Waals surface area contributed by atoms with Crippen LogP contribution >= 0.6 is 0 Å². The van der Waals surface area contributed by atoms with E-state index in [2.05, 4.69) is 0 Å². The molecule has 1 fully saturated rings. The third-order valence-electron chi connectivity index (χ3n) is 2.13. The smallest absolute Gasteiger partial charge is 0.150 e. The number of hydrogen-bond donors (Lipinski definition) is 0. The van der Waals surface area contributed by atoms with Crippen molar-refractivity contribution >= 4 is 15.6 Å². The molecule has 0 bridgehead atoms. The van der Waals surface area contributed by atoms with Crippen LogP contribution in [0.3, 0.4) is 0 Å². The van der Waals surface area contributed by atoms with Gasteiger partial charge in [-0.3, -0.25) is 0 Å². The summed E-state index contributed by atoms with van der Waals surface area (Å²) in [6.07, 6.45) is 2.04. The minimum atomic E-state index is -2.83. The number of ketones is 1. The summed E-state index contributed by atoms with van der Waals surface area (Å²) in [5.41, 5.74) is 0. The zero-order valence-electron chi connectivity index (χ0n) is 7.25. The van der Waals surface area contributed by atoms with Gasteiger partial charge in [0, 0.05) is 6.42 Å². The van der Waals surface area contributed by atoms with E-state index in [0.29, 0.717) is 12.2 Å². The molecule has 1 heterocycles. The maximum atomic E-state index is 11.1. The summed E-state index contributed by atoms with van der Waals surface area (Å²) in [4.78, 5) is 10.7. The van der Waals surface area contributed by atoms with Crippen molar-refractivity contribution in [1.29, 1.82) is 0 Å². The predicted octanol–water partition coefficient (Wildman–Crippen LogP) is 0.790. The van der Waals surface area contributed by atoms with Gasteiger partial charge in [-0.2, -0.15) is 0 Å². The normalized spacial score (nSPS) is 28.2. The molecule has 4 heteroatoms. The lowest BCUT2D eigenvalue weighted by molar-refractivity contribution is -0.117. The molecule has 0 saturated carbocycles. The Balaban J connectivity index is 2.53. The lowest BCUT2D eigenvalue weighted by Crippen LogP contribution is -2.26. The van der Waals surface area contributed by atoms with Gasteiger partial charge >= 0.3 is 0 Å². The number of sulfone groups is 1. The Kier molecular flexibility index (Phi) is 2.88. The summed E-state index contributed by atoms with van der Waals surface area (Å²) in [5, 5.41) is 0. The van der Waals surface area contributed by atoms with Crippen LogP contribution in [0.5, 0.6) is 0 Å². The van der Waals surface area contributed by atoms with Crippen molar-refractivity contribution in [2.24, 2.45) is 5.92 Å². The Bertz CT molecular complexity index is 266. The van der Waals surface area contributed by atoms with Crippen LogP contribution < -0.4 is 0 Å². The largest absolute Gasteiger partial charge is 0.300 e. The van der Waals surface area contributed by atoms with Gasteiger partial charge in [0.25, 0.3) is 0 Å². The van der Waals surface area contributed by atoms with Crippen LogP contribution in [0.25, 0.3) is 0 Å². The summed E-state index contributed by atoms with van der Waals surface area (Å²) >= 11 is 0. The fraction of sp³-hybridized carbons (Fsp3) is 0.875. The first-order valence-corrected chi connectivity index (χ1v) is 6.01. The van der Waals surface area contributed by atoms with Gasteiger partial charge in [-0.15, -0.1) is 0 Å². The van der Waals surface area contributed by atoms with E-state index in [0.717, 1.165) is 12.8 Å². The molecule has 0 aromatic rings. The van der Waals surface area contributed by atoms with E-state index in [1.807, 2.05) is 0 Å². The zero-order valence-corrected chi connectivity index (χ0v) is 8.06. The molecule has 1 aliphatic heterocycles. The van der Waals surface area contributed by atoms with Crippen molar-refractivity contribution in [3.05, 3.63) is 0 Å². The van der Waals surface area contributed by atoms with Crippen molar-refractivity contribution < 1.29 is 13.2 Å². The molecule has 0 aromatic heterocycles. The van der Waals surface area contributed by atoms with Crippen molar-refractivity contribution in [2.45, 2.75) is 26.2 Å². The molecule has 1 atom stereocenters. The Morgan fingerprint density at radius 2 is 2.17 bits per heavy atom. The van der Waals surface area contributed by atoms with Crippen molar-refractivity contribution in [1.82, 2.24) is 0 Å². The standard InChI is InChI=1S/C8H14O3S/c1-7(9)5-8-3-2-4-12(10,11)6-8/h8H,2-6H2,1H3. The van der Waals surface area contributed by atoms with Gasteiger partial charge in [0.1, 0.15) is 5.78 Å². The molecule has 1 rings (SSSR count). The molecule has 0 spiro atoms. The lowest BCUT2D eigenvalue weighted by Gasteiger charge is -2.20. The van der Waals surface area contributed by atoms with Gasteiger partial charge in [-0.05, 0) is 25.7 Å². The first kappa shape index (κ1) is 9.71. The second-order valence-corrected chi connectivity index (χ2v) is 5.76. The molecule has 0 amide bonds. The molecule has 12 heavy (non-hydrogen) atoms. The average Bonchev–Trinajstić information content (AvgIpc) is 1.82. The molecular formula is C8H14O3S. The van der Waals surface area contributed by atoms with Crippen LogP contribution in [-0.4, -0.2) is 25.7 Å². The van der Waals surface area contributed by atoms with Crippen LogP contribution in [0.1, 0.15) is 26.2 Å². The Labute approximate surface area is 73.1 Å². The molecule has 1 aliphatic rings. The summed E-state index contributed by atoms with van der Waals surface area (Å²) in [6, 6.07) is 0. The van der Waals surface area contributed by atoms with E-state index in [9.17, 15) is 13.2 Å². The Hall–Kier alpha value is -0.380. The summed E-state index contributed by atoms with van der Waals surface area (Å²) in [6.45, 7) is 1.52. The topological polar surface area (TPSA) is 51.2 Å². The number of carbonyl (C=O) groups excluding carboxylic acids is 1. The van der Waals surface area contributed by atoms with Crippen molar-refractivity contribution in [3.8, 4) is 0 Å². The number of hydrogen-bond acceptors (Lipinski definition) is 3. The average molecular weight is 190 g/mol. The zero-order chi connectivity index (χ0) is 9.19. The van der Waals surface area contributed by atoms with E-state index in [-0.39, 0.29) is 17.5 Å².